The molecule has 0 saturated carbocycles. The molecule has 0 unspecified atom stereocenters. The number of anilines is 2. The molecule has 36 heavy (non-hydrogen) atoms. The number of amides is 4. The third kappa shape index (κ3) is 4.64. The van der Waals surface area contributed by atoms with Gasteiger partial charge in [-0.05, 0) is 61.9 Å². The van der Waals surface area contributed by atoms with E-state index >= 15 is 0 Å². The summed E-state index contributed by atoms with van der Waals surface area (Å²) in [6.07, 6.45) is 4.01. The average Bonchev–Trinajstić information content (AvgIpc) is 3.54. The predicted octanol–water partition coefficient (Wildman–Crippen LogP) is 3.54. The number of benzene rings is 2. The SMILES string of the molecule is CCc1cccc(NC(=O)N2CCC3(CC2)C(=O)N(CC(=O)N2CCCC2)CN3c2ccccc2)c1. The largest absolute Gasteiger partial charge is 0.341 e. The monoisotopic (exact) mass is 489 g/mol. The summed E-state index contributed by atoms with van der Waals surface area (Å²) < 4.78 is 0. The number of carbonyl (C=O) groups is 3. The fourth-order valence-corrected chi connectivity index (χ4v) is 5.70. The quantitative estimate of drug-likeness (QED) is 0.697. The molecule has 3 aliphatic heterocycles. The van der Waals surface area contributed by atoms with E-state index in [1.165, 1.54) is 5.56 Å². The maximum atomic E-state index is 13.8. The normalized spacial score (nSPS) is 19.3. The highest BCUT2D eigenvalue weighted by atomic mass is 16.2. The summed E-state index contributed by atoms with van der Waals surface area (Å²) in [5.74, 6) is 0.0200. The molecular formula is C28H35N5O3. The first kappa shape index (κ1) is 24.2. The Morgan fingerprint density at radius 2 is 1.64 bits per heavy atom. The molecule has 8 nitrogen and oxygen atoms in total. The van der Waals surface area contributed by atoms with E-state index in [0.717, 1.165) is 43.7 Å². The lowest BCUT2D eigenvalue weighted by atomic mass is 9.85. The molecule has 1 N–H and O–H groups in total. The van der Waals surface area contributed by atoms with E-state index in [0.29, 0.717) is 32.6 Å². The molecule has 8 heteroatoms. The zero-order chi connectivity index (χ0) is 25.1. The topological polar surface area (TPSA) is 76.2 Å². The first-order valence-electron chi connectivity index (χ1n) is 13.0. The molecule has 0 atom stereocenters. The van der Waals surface area contributed by atoms with Crippen LogP contribution in [0.4, 0.5) is 16.2 Å². The molecule has 190 valence electrons. The number of para-hydroxylation sites is 1. The summed E-state index contributed by atoms with van der Waals surface area (Å²) in [4.78, 5) is 47.2. The second kappa shape index (κ2) is 10.2. The van der Waals surface area contributed by atoms with Crippen molar-refractivity contribution in [3.05, 3.63) is 60.2 Å². The number of hydrogen-bond donors (Lipinski definition) is 1. The van der Waals surface area contributed by atoms with Crippen molar-refractivity contribution in [3.63, 3.8) is 0 Å². The van der Waals surface area contributed by atoms with E-state index < -0.39 is 5.54 Å². The van der Waals surface area contributed by atoms with Crippen LogP contribution in [0.2, 0.25) is 0 Å². The molecule has 3 saturated heterocycles. The number of urea groups is 1. The molecule has 0 bridgehead atoms. The smallest absolute Gasteiger partial charge is 0.321 e. The maximum absolute atomic E-state index is 13.8. The van der Waals surface area contributed by atoms with Gasteiger partial charge in [-0.3, -0.25) is 9.59 Å². The Labute approximate surface area is 212 Å². The molecule has 2 aromatic rings. The van der Waals surface area contributed by atoms with Gasteiger partial charge >= 0.3 is 6.03 Å². The lowest BCUT2D eigenvalue weighted by molar-refractivity contribution is -0.140. The van der Waals surface area contributed by atoms with Crippen molar-refractivity contribution in [2.24, 2.45) is 0 Å². The third-order valence-corrected chi connectivity index (χ3v) is 7.83. The van der Waals surface area contributed by atoms with E-state index in [1.807, 2.05) is 59.5 Å². The molecule has 1 spiro atoms. The van der Waals surface area contributed by atoms with Gasteiger partial charge in [-0.1, -0.05) is 37.3 Å². The zero-order valence-corrected chi connectivity index (χ0v) is 21.0. The molecule has 3 heterocycles. The Kier molecular flexibility index (Phi) is 6.85. The summed E-state index contributed by atoms with van der Waals surface area (Å²) >= 11 is 0. The van der Waals surface area contributed by atoms with Crippen molar-refractivity contribution in [1.82, 2.24) is 14.7 Å². The van der Waals surface area contributed by atoms with Crippen LogP contribution in [-0.2, 0) is 16.0 Å². The minimum atomic E-state index is -0.744. The van der Waals surface area contributed by atoms with Gasteiger partial charge in [0.2, 0.25) is 5.91 Å². The highest BCUT2D eigenvalue weighted by Gasteiger charge is 2.54. The van der Waals surface area contributed by atoms with Gasteiger partial charge in [0.15, 0.2) is 0 Å². The lowest BCUT2D eigenvalue weighted by Crippen LogP contribution is -2.58. The zero-order valence-electron chi connectivity index (χ0n) is 21.0. The number of piperidine rings is 1. The predicted molar refractivity (Wildman–Crippen MR) is 140 cm³/mol. The van der Waals surface area contributed by atoms with Gasteiger partial charge in [-0.25, -0.2) is 4.79 Å². The van der Waals surface area contributed by atoms with Crippen molar-refractivity contribution >= 4 is 29.2 Å². The lowest BCUT2D eigenvalue weighted by Gasteiger charge is -2.43. The van der Waals surface area contributed by atoms with Crippen LogP contribution in [0, 0.1) is 0 Å². The minimum absolute atomic E-state index is 0.00500. The summed E-state index contributed by atoms with van der Waals surface area (Å²) in [6.45, 7) is 5.09. The number of nitrogens with one attached hydrogen (secondary N) is 1. The summed E-state index contributed by atoms with van der Waals surface area (Å²) in [7, 11) is 0. The summed E-state index contributed by atoms with van der Waals surface area (Å²) in [6, 6.07) is 17.7. The second-order valence-corrected chi connectivity index (χ2v) is 10.00. The van der Waals surface area contributed by atoms with Gasteiger partial charge in [-0.15, -0.1) is 0 Å². The van der Waals surface area contributed by atoms with Crippen molar-refractivity contribution in [2.45, 2.75) is 44.6 Å². The minimum Gasteiger partial charge on any atom is -0.341 e. The Morgan fingerprint density at radius 1 is 0.917 bits per heavy atom. The van der Waals surface area contributed by atoms with Gasteiger partial charge in [0.1, 0.15) is 12.1 Å². The first-order chi connectivity index (χ1) is 17.5. The van der Waals surface area contributed by atoms with Crippen molar-refractivity contribution < 1.29 is 14.4 Å². The van der Waals surface area contributed by atoms with E-state index in [1.54, 1.807) is 9.80 Å². The van der Waals surface area contributed by atoms with E-state index in [-0.39, 0.29) is 24.4 Å². The molecule has 4 amide bonds. The van der Waals surface area contributed by atoms with Crippen LogP contribution in [0.3, 0.4) is 0 Å². The fourth-order valence-electron chi connectivity index (χ4n) is 5.70. The molecule has 0 aromatic heterocycles. The standard InChI is InChI=1S/C28H35N5O3/c1-2-22-9-8-10-23(19-22)29-27(36)31-17-13-28(14-18-31)26(35)32(20-25(34)30-15-6-7-16-30)21-33(28)24-11-4-3-5-12-24/h3-5,8-12,19H,2,6-7,13-18,20-21H2,1H3,(H,29,36). The van der Waals surface area contributed by atoms with E-state index in [9.17, 15) is 14.4 Å². The Morgan fingerprint density at radius 3 is 2.33 bits per heavy atom. The highest BCUT2D eigenvalue weighted by Crippen LogP contribution is 2.39. The van der Waals surface area contributed by atoms with E-state index in [2.05, 4.69) is 17.1 Å². The van der Waals surface area contributed by atoms with Crippen LogP contribution < -0.4 is 10.2 Å². The number of nitrogens with zero attached hydrogens (tertiary/aromatic N) is 4. The second-order valence-electron chi connectivity index (χ2n) is 10.00. The molecule has 0 aliphatic carbocycles. The maximum Gasteiger partial charge on any atom is 0.321 e. The highest BCUT2D eigenvalue weighted by molar-refractivity contribution is 5.97. The van der Waals surface area contributed by atoms with E-state index in [4.69, 9.17) is 0 Å². The van der Waals surface area contributed by atoms with Gasteiger partial charge in [0.05, 0.1) is 6.67 Å². The van der Waals surface area contributed by atoms with Gasteiger partial charge in [0, 0.05) is 37.6 Å². The third-order valence-electron chi connectivity index (χ3n) is 7.83. The Balaban J connectivity index is 1.30. The fraction of sp³-hybridized carbons (Fsp3) is 0.464. The summed E-state index contributed by atoms with van der Waals surface area (Å²) in [5, 5.41) is 3.01. The van der Waals surface area contributed by atoms with Crippen LogP contribution in [0.5, 0.6) is 0 Å². The molecule has 5 rings (SSSR count). The van der Waals surface area contributed by atoms with Crippen molar-refractivity contribution in [3.8, 4) is 0 Å². The average molecular weight is 490 g/mol. The molecule has 3 aliphatic rings. The number of likely N-dealkylation sites (tertiary alicyclic amines) is 2. The van der Waals surface area contributed by atoms with Gasteiger partial charge in [0.25, 0.3) is 5.91 Å². The van der Waals surface area contributed by atoms with Crippen molar-refractivity contribution in [2.75, 3.05) is 49.6 Å². The van der Waals surface area contributed by atoms with Crippen LogP contribution in [0.1, 0.15) is 38.2 Å². The number of rotatable bonds is 5. The Bertz CT molecular complexity index is 1110. The number of carbonyl (C=O) groups excluding carboxylic acids is 3. The Hall–Kier alpha value is -3.55. The van der Waals surface area contributed by atoms with Crippen LogP contribution >= 0.6 is 0 Å². The molecular weight excluding hydrogens is 454 g/mol. The number of aryl methyl sites for hydroxylation is 1. The number of hydrogen-bond acceptors (Lipinski definition) is 4. The molecule has 2 aromatic carbocycles. The molecule has 0 radical (unpaired) electrons. The van der Waals surface area contributed by atoms with Crippen LogP contribution in [-0.4, -0.2) is 77.5 Å². The first-order valence-corrected chi connectivity index (χ1v) is 13.0. The van der Waals surface area contributed by atoms with Crippen molar-refractivity contribution in [1.29, 1.82) is 0 Å². The summed E-state index contributed by atoms with van der Waals surface area (Å²) in [5.41, 5.74) is 2.18. The van der Waals surface area contributed by atoms with Crippen LogP contribution in [0.25, 0.3) is 0 Å². The van der Waals surface area contributed by atoms with Crippen LogP contribution in [0.15, 0.2) is 54.6 Å². The van der Waals surface area contributed by atoms with Gasteiger partial charge < -0.3 is 24.9 Å². The van der Waals surface area contributed by atoms with Gasteiger partial charge in [-0.2, -0.15) is 0 Å². The molecule has 3 fully saturated rings.